The molecule has 1 N–H and O–H groups in total. The molecule has 1 rings (SSSR count). The number of carbonyl (C=O) groups is 1. The van der Waals surface area contributed by atoms with E-state index < -0.39 is 11.5 Å². The maximum Gasteiger partial charge on any atom is 0.313 e. The molecule has 18 heavy (non-hydrogen) atoms. The normalized spacial score (nSPS) is 11.5. The van der Waals surface area contributed by atoms with Gasteiger partial charge in [-0.3, -0.25) is 9.59 Å². The number of rotatable bonds is 6. The molecule has 0 aliphatic heterocycles. The van der Waals surface area contributed by atoms with Crippen LogP contribution in [0.15, 0.2) is 22.2 Å². The monoisotopic (exact) mass is 272 g/mol. The van der Waals surface area contributed by atoms with E-state index in [1.807, 2.05) is 13.8 Å². The zero-order valence-electron chi connectivity index (χ0n) is 10.5. The van der Waals surface area contributed by atoms with Gasteiger partial charge in [0, 0.05) is 19.4 Å². The lowest BCUT2D eigenvalue weighted by Gasteiger charge is -2.29. The summed E-state index contributed by atoms with van der Waals surface area (Å²) in [6.07, 6.45) is 1.61. The summed E-state index contributed by atoms with van der Waals surface area (Å²) in [4.78, 5) is 25.7. The van der Waals surface area contributed by atoms with Gasteiger partial charge in [0.25, 0.3) is 5.56 Å². The number of hydrogen-bond donors (Lipinski definition) is 1. The maximum atomic E-state index is 11.3. The molecule has 0 saturated heterocycles. The van der Waals surface area contributed by atoms with Gasteiger partial charge in [0.1, 0.15) is 0 Å². The molecule has 0 radical (unpaired) electrons. The second-order valence-corrected chi connectivity index (χ2v) is 5.29. The Kier molecular flexibility index (Phi) is 4.92. The third-order valence-corrected chi connectivity index (χ3v) is 3.19. The van der Waals surface area contributed by atoms with Crippen LogP contribution in [0.4, 0.5) is 0 Å². The second kappa shape index (κ2) is 6.01. The lowest BCUT2D eigenvalue weighted by Crippen LogP contribution is -2.34. The van der Waals surface area contributed by atoms with Crippen LogP contribution in [0.2, 0.25) is 0 Å². The van der Waals surface area contributed by atoms with Crippen molar-refractivity contribution in [1.82, 2.24) is 9.55 Å². The van der Waals surface area contributed by atoms with E-state index in [9.17, 15) is 9.59 Å². The van der Waals surface area contributed by atoms with E-state index in [0.29, 0.717) is 11.8 Å². The number of ether oxygens (including phenoxy) is 1. The maximum absolute atomic E-state index is 11.3. The molecule has 0 aliphatic rings. The predicted octanol–water partition coefficient (Wildman–Crippen LogP) is 0.802. The van der Waals surface area contributed by atoms with E-state index in [1.54, 1.807) is 17.9 Å². The first-order valence-corrected chi connectivity index (χ1v) is 6.29. The summed E-state index contributed by atoms with van der Waals surface area (Å²) in [5.74, 6) is -1.09. The SMILES string of the molecule is COCC(C)(C)n1ccc(=O)nc1SCC(=O)O. The summed E-state index contributed by atoms with van der Waals surface area (Å²) in [5.41, 5.74) is -0.789. The molecule has 0 aliphatic carbocycles. The van der Waals surface area contributed by atoms with E-state index >= 15 is 0 Å². The standard InChI is InChI=1S/C11H16N2O4S/c1-11(2,7-17-3)13-5-4-8(14)12-10(13)18-6-9(15)16/h4-5H,6-7H2,1-3H3,(H,15,16). The van der Waals surface area contributed by atoms with Crippen LogP contribution < -0.4 is 5.56 Å². The number of aromatic nitrogens is 2. The second-order valence-electron chi connectivity index (χ2n) is 4.35. The minimum absolute atomic E-state index is 0.139. The Morgan fingerprint density at radius 1 is 1.61 bits per heavy atom. The molecule has 0 unspecified atom stereocenters. The van der Waals surface area contributed by atoms with Gasteiger partial charge >= 0.3 is 5.97 Å². The number of carboxylic acid groups (broad SMARTS) is 1. The van der Waals surface area contributed by atoms with Gasteiger partial charge in [0.15, 0.2) is 5.16 Å². The number of methoxy groups -OCH3 is 1. The van der Waals surface area contributed by atoms with Crippen LogP contribution in [0.1, 0.15) is 13.8 Å². The van der Waals surface area contributed by atoms with Gasteiger partial charge in [-0.05, 0) is 13.8 Å². The average molecular weight is 272 g/mol. The van der Waals surface area contributed by atoms with Crippen molar-refractivity contribution in [3.8, 4) is 0 Å². The van der Waals surface area contributed by atoms with Gasteiger partial charge in [0.05, 0.1) is 17.9 Å². The Balaban J connectivity index is 3.10. The Labute approximate surface area is 109 Å². The molecule has 0 saturated carbocycles. The largest absolute Gasteiger partial charge is 0.481 e. The van der Waals surface area contributed by atoms with Gasteiger partial charge in [0.2, 0.25) is 0 Å². The molecule has 7 heteroatoms. The minimum Gasteiger partial charge on any atom is -0.481 e. The van der Waals surface area contributed by atoms with Crippen molar-refractivity contribution < 1.29 is 14.6 Å². The lowest BCUT2D eigenvalue weighted by atomic mass is 10.1. The number of hydrogen-bond acceptors (Lipinski definition) is 5. The van der Waals surface area contributed by atoms with Gasteiger partial charge in [-0.25, -0.2) is 0 Å². The van der Waals surface area contributed by atoms with Crippen LogP contribution in [-0.4, -0.2) is 40.1 Å². The molecule has 1 aromatic heterocycles. The van der Waals surface area contributed by atoms with E-state index in [1.165, 1.54) is 6.07 Å². The fraction of sp³-hybridized carbons (Fsp3) is 0.545. The minimum atomic E-state index is -0.950. The molecule has 1 aromatic rings. The summed E-state index contributed by atoms with van der Waals surface area (Å²) >= 11 is 1.02. The molecule has 0 fully saturated rings. The molecular formula is C11H16N2O4S. The Bertz CT molecular complexity index is 484. The Morgan fingerprint density at radius 2 is 2.28 bits per heavy atom. The summed E-state index contributed by atoms with van der Waals surface area (Å²) in [7, 11) is 1.59. The van der Waals surface area contributed by atoms with Crippen LogP contribution in [0.25, 0.3) is 0 Å². The molecule has 0 spiro atoms. The molecule has 0 bridgehead atoms. The molecule has 0 atom stereocenters. The van der Waals surface area contributed by atoms with E-state index in [4.69, 9.17) is 9.84 Å². The molecule has 0 aromatic carbocycles. The van der Waals surface area contributed by atoms with Gasteiger partial charge in [-0.15, -0.1) is 0 Å². The van der Waals surface area contributed by atoms with Crippen molar-refractivity contribution in [2.45, 2.75) is 24.5 Å². The van der Waals surface area contributed by atoms with Gasteiger partial charge in [-0.1, -0.05) is 11.8 Å². The highest BCUT2D eigenvalue weighted by Gasteiger charge is 2.23. The third kappa shape index (κ3) is 3.85. The lowest BCUT2D eigenvalue weighted by molar-refractivity contribution is -0.133. The summed E-state index contributed by atoms with van der Waals surface area (Å²) in [5, 5.41) is 9.06. The van der Waals surface area contributed by atoms with Crippen LogP contribution in [-0.2, 0) is 15.1 Å². The first-order valence-electron chi connectivity index (χ1n) is 5.30. The molecule has 100 valence electrons. The Morgan fingerprint density at radius 3 is 2.83 bits per heavy atom. The topological polar surface area (TPSA) is 81.4 Å². The zero-order valence-corrected chi connectivity index (χ0v) is 11.4. The van der Waals surface area contributed by atoms with Crippen molar-refractivity contribution in [1.29, 1.82) is 0 Å². The van der Waals surface area contributed by atoms with Crippen molar-refractivity contribution >= 4 is 17.7 Å². The highest BCUT2D eigenvalue weighted by atomic mass is 32.2. The van der Waals surface area contributed by atoms with Crippen molar-refractivity contribution in [2.75, 3.05) is 19.5 Å². The fourth-order valence-corrected chi connectivity index (χ4v) is 2.35. The predicted molar refractivity (Wildman–Crippen MR) is 68.1 cm³/mol. The van der Waals surface area contributed by atoms with Gasteiger partial charge < -0.3 is 14.4 Å². The van der Waals surface area contributed by atoms with Crippen LogP contribution in [0.5, 0.6) is 0 Å². The summed E-state index contributed by atoms with van der Waals surface area (Å²) in [6.45, 7) is 4.28. The van der Waals surface area contributed by atoms with Crippen LogP contribution in [0, 0.1) is 0 Å². The first kappa shape index (κ1) is 14.7. The highest BCUT2D eigenvalue weighted by Crippen LogP contribution is 2.22. The third-order valence-electron chi connectivity index (χ3n) is 2.25. The van der Waals surface area contributed by atoms with Crippen LogP contribution >= 0.6 is 11.8 Å². The quantitative estimate of drug-likeness (QED) is 0.609. The summed E-state index contributed by atoms with van der Waals surface area (Å²) in [6, 6.07) is 1.35. The van der Waals surface area contributed by atoms with E-state index in [0.717, 1.165) is 11.8 Å². The Hall–Kier alpha value is -1.34. The average Bonchev–Trinajstić information content (AvgIpc) is 2.26. The summed E-state index contributed by atoms with van der Waals surface area (Å²) < 4.78 is 6.88. The smallest absolute Gasteiger partial charge is 0.313 e. The number of carboxylic acids is 1. The molecule has 6 nitrogen and oxygen atoms in total. The van der Waals surface area contributed by atoms with E-state index in [-0.39, 0.29) is 11.3 Å². The number of thioether (sulfide) groups is 1. The highest BCUT2D eigenvalue weighted by molar-refractivity contribution is 7.99. The zero-order chi connectivity index (χ0) is 13.8. The fourth-order valence-electron chi connectivity index (χ4n) is 1.50. The number of aliphatic carboxylic acids is 1. The van der Waals surface area contributed by atoms with Gasteiger partial charge in [-0.2, -0.15) is 4.98 Å². The van der Waals surface area contributed by atoms with Crippen LogP contribution in [0.3, 0.4) is 0 Å². The number of nitrogens with zero attached hydrogens (tertiary/aromatic N) is 2. The molecule has 1 heterocycles. The molecular weight excluding hydrogens is 256 g/mol. The van der Waals surface area contributed by atoms with Crippen molar-refractivity contribution in [3.63, 3.8) is 0 Å². The first-order chi connectivity index (χ1) is 8.36. The van der Waals surface area contributed by atoms with Crippen molar-refractivity contribution in [3.05, 3.63) is 22.6 Å². The van der Waals surface area contributed by atoms with E-state index in [2.05, 4.69) is 4.98 Å². The molecule has 0 amide bonds. The van der Waals surface area contributed by atoms with Crippen molar-refractivity contribution in [2.24, 2.45) is 0 Å².